The van der Waals surface area contributed by atoms with Gasteiger partial charge in [-0.2, -0.15) is 5.10 Å². The van der Waals surface area contributed by atoms with Crippen LogP contribution in [-0.2, 0) is 0 Å². The van der Waals surface area contributed by atoms with Gasteiger partial charge in [0.1, 0.15) is 5.69 Å². The molecule has 0 saturated heterocycles. The highest BCUT2D eigenvalue weighted by Gasteiger charge is 2.60. The smallest absolute Gasteiger partial charge is 0.287 e. The lowest BCUT2D eigenvalue weighted by molar-refractivity contribution is 0.0949. The number of rotatable bonds is 2. The summed E-state index contributed by atoms with van der Waals surface area (Å²) in [7, 11) is 0. The Morgan fingerprint density at radius 2 is 2.09 bits per heavy atom. The number of fused-ring (bicyclic) bond motifs is 3. The first-order valence-electron chi connectivity index (χ1n) is 8.37. The Hall–Kier alpha value is -2.10. The van der Waals surface area contributed by atoms with Crippen LogP contribution in [-0.4, -0.2) is 16.6 Å². The molecule has 2 N–H and O–H groups in total. The lowest BCUT2D eigenvalue weighted by atomic mass is 9.70. The van der Waals surface area contributed by atoms with Gasteiger partial charge in [-0.25, -0.2) is 5.43 Å². The summed E-state index contributed by atoms with van der Waals surface area (Å²) in [4.78, 5) is 15.5. The number of aromatic amines is 1. The molecule has 1 aromatic heterocycles. The summed E-state index contributed by atoms with van der Waals surface area (Å²) in [6.45, 7) is 6.98. The van der Waals surface area contributed by atoms with E-state index < -0.39 is 0 Å². The van der Waals surface area contributed by atoms with Crippen LogP contribution in [0.15, 0.2) is 35.4 Å². The van der Waals surface area contributed by atoms with E-state index in [1.807, 2.05) is 30.3 Å². The third-order valence-corrected chi connectivity index (χ3v) is 6.58. The van der Waals surface area contributed by atoms with E-state index in [1.54, 1.807) is 0 Å². The number of amides is 1. The molecule has 4 rings (SSSR count). The predicted molar refractivity (Wildman–Crippen MR) is 92.4 cm³/mol. The molecule has 2 fully saturated rings. The minimum atomic E-state index is -0.169. The second kappa shape index (κ2) is 4.70. The Bertz CT molecular complexity index is 784. The number of hydrazone groups is 1. The van der Waals surface area contributed by atoms with Crippen LogP contribution in [0.4, 0.5) is 0 Å². The van der Waals surface area contributed by atoms with Gasteiger partial charge in [-0.1, -0.05) is 39.0 Å². The van der Waals surface area contributed by atoms with Crippen molar-refractivity contribution in [2.75, 3.05) is 0 Å². The summed E-state index contributed by atoms with van der Waals surface area (Å²) in [5.74, 6) is 0.522. The number of benzene rings is 1. The van der Waals surface area contributed by atoms with Crippen LogP contribution in [0.3, 0.4) is 0 Å². The van der Waals surface area contributed by atoms with Gasteiger partial charge in [0.05, 0.1) is 0 Å². The number of nitrogens with one attached hydrogen (secondary N) is 2. The maximum Gasteiger partial charge on any atom is 0.287 e. The Labute approximate surface area is 136 Å². The molecule has 2 aliphatic rings. The van der Waals surface area contributed by atoms with Crippen molar-refractivity contribution in [3.8, 4) is 0 Å². The monoisotopic (exact) mass is 309 g/mol. The van der Waals surface area contributed by atoms with E-state index in [0.717, 1.165) is 23.0 Å². The van der Waals surface area contributed by atoms with Crippen LogP contribution in [0.25, 0.3) is 10.9 Å². The molecule has 4 nitrogen and oxygen atoms in total. The highest BCUT2D eigenvalue weighted by Crippen LogP contribution is 2.63. The number of aromatic nitrogens is 1. The summed E-state index contributed by atoms with van der Waals surface area (Å²) < 4.78 is 0. The maximum atomic E-state index is 12.4. The van der Waals surface area contributed by atoms with E-state index in [-0.39, 0.29) is 16.7 Å². The maximum absolute atomic E-state index is 12.4. The quantitative estimate of drug-likeness (QED) is 0.806. The van der Waals surface area contributed by atoms with Crippen LogP contribution >= 0.6 is 0 Å². The summed E-state index contributed by atoms with van der Waals surface area (Å²) in [5.41, 5.74) is 5.84. The number of hydrogen-bond donors (Lipinski definition) is 2. The van der Waals surface area contributed by atoms with Gasteiger partial charge in [-0.15, -0.1) is 0 Å². The first-order chi connectivity index (χ1) is 10.9. The third-order valence-electron chi connectivity index (χ3n) is 6.58. The first-order valence-corrected chi connectivity index (χ1v) is 8.37. The van der Waals surface area contributed by atoms with Gasteiger partial charge < -0.3 is 4.98 Å². The minimum absolute atomic E-state index is 0.116. The Morgan fingerprint density at radius 3 is 2.74 bits per heavy atom. The van der Waals surface area contributed by atoms with Crippen molar-refractivity contribution in [2.45, 2.75) is 40.0 Å². The molecule has 0 spiro atoms. The molecule has 2 bridgehead atoms. The van der Waals surface area contributed by atoms with Crippen LogP contribution < -0.4 is 5.43 Å². The van der Waals surface area contributed by atoms with Crippen molar-refractivity contribution < 1.29 is 4.79 Å². The fraction of sp³-hybridized carbons (Fsp3) is 0.474. The number of para-hydroxylation sites is 1. The van der Waals surface area contributed by atoms with Crippen molar-refractivity contribution in [2.24, 2.45) is 21.8 Å². The standard InChI is InChI=1S/C19H23N3O/c1-18(2)13-8-9-19(18,3)16(11-13)21-22-17(23)15-10-12-6-4-5-7-14(12)20-15/h4-7,10,13,20H,8-9,11H2,1-3H3,(H,22,23)/b21-16+/t13-,19+/m0/s1. The fourth-order valence-corrected chi connectivity index (χ4v) is 4.47. The number of H-pyrrole nitrogens is 1. The lowest BCUT2D eigenvalue weighted by Crippen LogP contribution is -2.34. The molecule has 4 heteroatoms. The van der Waals surface area contributed by atoms with Gasteiger partial charge in [-0.3, -0.25) is 4.79 Å². The number of nitrogens with zero attached hydrogens (tertiary/aromatic N) is 1. The van der Waals surface area contributed by atoms with Gasteiger partial charge in [0, 0.05) is 22.0 Å². The number of hydrogen-bond acceptors (Lipinski definition) is 2. The summed E-state index contributed by atoms with van der Waals surface area (Å²) in [5, 5.41) is 5.56. The summed E-state index contributed by atoms with van der Waals surface area (Å²) in [6.07, 6.45) is 3.46. The second-order valence-corrected chi connectivity index (χ2v) is 7.76. The van der Waals surface area contributed by atoms with Crippen molar-refractivity contribution in [1.29, 1.82) is 0 Å². The molecule has 0 aliphatic heterocycles. The van der Waals surface area contributed by atoms with Gasteiger partial charge in [0.2, 0.25) is 0 Å². The molecular weight excluding hydrogens is 286 g/mol. The van der Waals surface area contributed by atoms with Gasteiger partial charge in [-0.05, 0) is 42.7 Å². The van der Waals surface area contributed by atoms with Crippen molar-refractivity contribution in [1.82, 2.24) is 10.4 Å². The number of carbonyl (C=O) groups excluding carboxylic acids is 1. The zero-order chi connectivity index (χ0) is 16.2. The van der Waals surface area contributed by atoms with E-state index in [9.17, 15) is 4.79 Å². The molecule has 2 atom stereocenters. The second-order valence-electron chi connectivity index (χ2n) is 7.76. The molecule has 0 radical (unpaired) electrons. The van der Waals surface area contributed by atoms with Crippen LogP contribution in [0.2, 0.25) is 0 Å². The van der Waals surface area contributed by atoms with E-state index in [2.05, 4.69) is 36.3 Å². The van der Waals surface area contributed by atoms with Crippen LogP contribution in [0.5, 0.6) is 0 Å². The molecule has 2 aliphatic carbocycles. The van der Waals surface area contributed by atoms with Gasteiger partial charge >= 0.3 is 0 Å². The Morgan fingerprint density at radius 1 is 1.30 bits per heavy atom. The normalized spacial score (nSPS) is 30.2. The summed E-state index contributed by atoms with van der Waals surface area (Å²) >= 11 is 0. The average molecular weight is 309 g/mol. The fourth-order valence-electron chi connectivity index (χ4n) is 4.47. The zero-order valence-electron chi connectivity index (χ0n) is 13.9. The van der Waals surface area contributed by atoms with E-state index in [4.69, 9.17) is 0 Å². The van der Waals surface area contributed by atoms with E-state index in [0.29, 0.717) is 11.6 Å². The lowest BCUT2D eigenvalue weighted by Gasteiger charge is -2.34. The highest BCUT2D eigenvalue weighted by atomic mass is 16.2. The van der Waals surface area contributed by atoms with E-state index >= 15 is 0 Å². The van der Waals surface area contributed by atoms with Crippen molar-refractivity contribution in [3.63, 3.8) is 0 Å². The SMILES string of the molecule is CC1(C)[C@H]2CC[C@]1(C)/C(=N/NC(=O)c1cc3ccccc3[nH]1)C2. The highest BCUT2D eigenvalue weighted by molar-refractivity contribution is 6.00. The van der Waals surface area contributed by atoms with Gasteiger partial charge in [0.15, 0.2) is 0 Å². The molecule has 0 unspecified atom stereocenters. The third kappa shape index (κ3) is 1.97. The van der Waals surface area contributed by atoms with Crippen LogP contribution in [0, 0.1) is 16.7 Å². The molecular formula is C19H23N3O. The molecule has 1 amide bonds. The summed E-state index contributed by atoms with van der Waals surface area (Å²) in [6, 6.07) is 9.76. The van der Waals surface area contributed by atoms with Gasteiger partial charge in [0.25, 0.3) is 5.91 Å². The molecule has 2 saturated carbocycles. The van der Waals surface area contributed by atoms with Crippen molar-refractivity contribution in [3.05, 3.63) is 36.0 Å². The zero-order valence-corrected chi connectivity index (χ0v) is 13.9. The van der Waals surface area contributed by atoms with Crippen molar-refractivity contribution >= 4 is 22.5 Å². The largest absolute Gasteiger partial charge is 0.350 e. The minimum Gasteiger partial charge on any atom is -0.350 e. The first kappa shape index (κ1) is 14.5. The predicted octanol–water partition coefficient (Wildman–Crippen LogP) is 4.10. The molecule has 2 aromatic rings. The Balaban J connectivity index is 1.56. The molecule has 1 heterocycles. The Kier molecular flexibility index (Phi) is 2.96. The molecule has 120 valence electrons. The average Bonchev–Trinajstić information content (AvgIpc) is 3.11. The topological polar surface area (TPSA) is 57.2 Å². The number of carbonyl (C=O) groups is 1. The van der Waals surface area contributed by atoms with Crippen LogP contribution in [0.1, 0.15) is 50.5 Å². The van der Waals surface area contributed by atoms with E-state index in [1.165, 1.54) is 12.8 Å². The molecule has 23 heavy (non-hydrogen) atoms. The molecule has 1 aromatic carbocycles.